The van der Waals surface area contributed by atoms with Crippen molar-refractivity contribution in [2.24, 2.45) is 0 Å². The van der Waals surface area contributed by atoms with Gasteiger partial charge in [0.2, 0.25) is 0 Å². The second kappa shape index (κ2) is 5.75. The lowest BCUT2D eigenvalue weighted by molar-refractivity contribution is -0.142. The van der Waals surface area contributed by atoms with Gasteiger partial charge >= 0.3 is 5.97 Å². The summed E-state index contributed by atoms with van der Waals surface area (Å²) >= 11 is 0. The van der Waals surface area contributed by atoms with E-state index in [1.165, 1.54) is 0 Å². The maximum absolute atomic E-state index is 11.2. The van der Waals surface area contributed by atoms with Gasteiger partial charge in [-0.05, 0) is 13.0 Å². The molecule has 5 heteroatoms. The molecule has 0 atom stereocenters. The quantitative estimate of drug-likeness (QED) is 0.737. The average Bonchev–Trinajstić information content (AvgIpc) is 2.84. The van der Waals surface area contributed by atoms with Crippen LogP contribution in [0.3, 0.4) is 0 Å². The Balaban J connectivity index is 1.95. The Labute approximate surface area is 99.7 Å². The summed E-state index contributed by atoms with van der Waals surface area (Å²) in [4.78, 5) is 15.4. The fourth-order valence-corrected chi connectivity index (χ4v) is 1.59. The summed E-state index contributed by atoms with van der Waals surface area (Å²) < 4.78 is 15.5. The highest BCUT2D eigenvalue weighted by Crippen LogP contribution is 2.22. The molecule has 1 aromatic rings. The average molecular weight is 237 g/mol. The molecule has 1 aromatic heterocycles. The molecule has 0 aromatic carbocycles. The molecule has 17 heavy (non-hydrogen) atoms. The molecule has 2 rings (SSSR count). The van der Waals surface area contributed by atoms with Gasteiger partial charge in [-0.3, -0.25) is 9.78 Å². The third-order valence-electron chi connectivity index (χ3n) is 2.37. The van der Waals surface area contributed by atoms with Crippen molar-refractivity contribution in [1.82, 2.24) is 4.98 Å². The maximum Gasteiger partial charge on any atom is 0.311 e. The smallest absolute Gasteiger partial charge is 0.311 e. The predicted molar refractivity (Wildman–Crippen MR) is 59.2 cm³/mol. The highest BCUT2D eigenvalue weighted by molar-refractivity contribution is 5.71. The summed E-state index contributed by atoms with van der Waals surface area (Å²) in [5, 5.41) is 0. The first-order valence-electron chi connectivity index (χ1n) is 5.63. The van der Waals surface area contributed by atoms with Crippen LogP contribution in [0.5, 0.6) is 0 Å². The Hall–Kier alpha value is -1.46. The largest absolute Gasteiger partial charge is 0.466 e. The van der Waals surface area contributed by atoms with E-state index >= 15 is 0 Å². The van der Waals surface area contributed by atoms with E-state index in [-0.39, 0.29) is 18.7 Å². The number of esters is 1. The zero-order valence-electron chi connectivity index (χ0n) is 9.72. The summed E-state index contributed by atoms with van der Waals surface area (Å²) in [6.45, 7) is 3.38. The number of pyridine rings is 1. The van der Waals surface area contributed by atoms with Crippen molar-refractivity contribution in [2.45, 2.75) is 19.6 Å². The highest BCUT2D eigenvalue weighted by Gasteiger charge is 2.18. The van der Waals surface area contributed by atoms with Gasteiger partial charge < -0.3 is 14.2 Å². The monoisotopic (exact) mass is 237 g/mol. The summed E-state index contributed by atoms with van der Waals surface area (Å²) in [5.41, 5.74) is 1.56. The molecule has 0 bridgehead atoms. The van der Waals surface area contributed by atoms with E-state index in [0.717, 1.165) is 5.56 Å². The van der Waals surface area contributed by atoms with Crippen molar-refractivity contribution in [2.75, 3.05) is 19.8 Å². The SMILES string of the molecule is CCOC(=O)Cc1ccc(C2OCCO2)cn1. The number of carbonyl (C=O) groups excluding carboxylic acids is 1. The van der Waals surface area contributed by atoms with Crippen LogP contribution in [0.25, 0.3) is 0 Å². The van der Waals surface area contributed by atoms with E-state index < -0.39 is 0 Å². The number of aromatic nitrogens is 1. The summed E-state index contributed by atoms with van der Waals surface area (Å²) in [6, 6.07) is 3.65. The van der Waals surface area contributed by atoms with Crippen LogP contribution in [0.15, 0.2) is 18.3 Å². The van der Waals surface area contributed by atoms with Crippen molar-refractivity contribution >= 4 is 5.97 Å². The fraction of sp³-hybridized carbons (Fsp3) is 0.500. The molecule has 0 spiro atoms. The lowest BCUT2D eigenvalue weighted by Gasteiger charge is -2.09. The molecule has 1 aliphatic rings. The van der Waals surface area contributed by atoms with Crippen LogP contribution in [0.2, 0.25) is 0 Å². The van der Waals surface area contributed by atoms with E-state index in [9.17, 15) is 4.79 Å². The molecule has 0 saturated carbocycles. The van der Waals surface area contributed by atoms with Crippen LogP contribution in [-0.4, -0.2) is 30.8 Å². The zero-order chi connectivity index (χ0) is 12.1. The summed E-state index contributed by atoms with van der Waals surface area (Å²) in [6.07, 6.45) is 1.55. The second-order valence-electron chi connectivity index (χ2n) is 3.64. The van der Waals surface area contributed by atoms with Crippen LogP contribution < -0.4 is 0 Å². The Morgan fingerprint density at radius 1 is 1.47 bits per heavy atom. The fourth-order valence-electron chi connectivity index (χ4n) is 1.59. The van der Waals surface area contributed by atoms with Crippen LogP contribution in [0.4, 0.5) is 0 Å². The minimum Gasteiger partial charge on any atom is -0.466 e. The van der Waals surface area contributed by atoms with Crippen LogP contribution >= 0.6 is 0 Å². The molecule has 0 radical (unpaired) electrons. The van der Waals surface area contributed by atoms with Crippen LogP contribution in [-0.2, 0) is 25.4 Å². The number of hydrogen-bond acceptors (Lipinski definition) is 5. The first-order chi connectivity index (χ1) is 8.29. The van der Waals surface area contributed by atoms with E-state index in [1.807, 2.05) is 6.07 Å². The van der Waals surface area contributed by atoms with Gasteiger partial charge in [-0.2, -0.15) is 0 Å². The van der Waals surface area contributed by atoms with Crippen molar-refractivity contribution in [3.8, 4) is 0 Å². The number of carbonyl (C=O) groups is 1. The van der Waals surface area contributed by atoms with Gasteiger partial charge in [0, 0.05) is 11.8 Å². The third kappa shape index (κ3) is 3.25. The van der Waals surface area contributed by atoms with Gasteiger partial charge in [0.15, 0.2) is 6.29 Å². The minimum absolute atomic E-state index is 0.195. The van der Waals surface area contributed by atoms with Crippen molar-refractivity contribution in [3.05, 3.63) is 29.6 Å². The van der Waals surface area contributed by atoms with Gasteiger partial charge in [-0.25, -0.2) is 0 Å². The molecule has 0 amide bonds. The Morgan fingerprint density at radius 2 is 2.24 bits per heavy atom. The number of rotatable bonds is 4. The van der Waals surface area contributed by atoms with Gasteiger partial charge in [0.1, 0.15) is 0 Å². The first kappa shape index (κ1) is 12.0. The van der Waals surface area contributed by atoms with Gasteiger partial charge in [-0.15, -0.1) is 0 Å². The standard InChI is InChI=1S/C12H15NO4/c1-2-15-11(14)7-10-4-3-9(8-13-10)12-16-5-6-17-12/h3-4,8,12H,2,5-7H2,1H3. The van der Waals surface area contributed by atoms with E-state index in [0.29, 0.717) is 25.5 Å². The topological polar surface area (TPSA) is 57.7 Å². The van der Waals surface area contributed by atoms with Crippen molar-refractivity contribution in [3.63, 3.8) is 0 Å². The molecular formula is C12H15NO4. The molecule has 0 unspecified atom stereocenters. The number of ether oxygens (including phenoxy) is 3. The highest BCUT2D eigenvalue weighted by atomic mass is 16.7. The lowest BCUT2D eigenvalue weighted by atomic mass is 10.2. The molecular weight excluding hydrogens is 222 g/mol. The molecule has 5 nitrogen and oxygen atoms in total. The van der Waals surface area contributed by atoms with E-state index in [2.05, 4.69) is 4.98 Å². The molecule has 0 aliphatic carbocycles. The zero-order valence-corrected chi connectivity index (χ0v) is 9.72. The van der Waals surface area contributed by atoms with E-state index in [1.54, 1.807) is 19.2 Å². The maximum atomic E-state index is 11.2. The van der Waals surface area contributed by atoms with Gasteiger partial charge in [0.25, 0.3) is 0 Å². The second-order valence-corrected chi connectivity index (χ2v) is 3.64. The van der Waals surface area contributed by atoms with Crippen LogP contribution in [0, 0.1) is 0 Å². The summed E-state index contributed by atoms with van der Waals surface area (Å²) in [5.74, 6) is -0.263. The molecule has 1 fully saturated rings. The number of nitrogens with zero attached hydrogens (tertiary/aromatic N) is 1. The van der Waals surface area contributed by atoms with Gasteiger partial charge in [-0.1, -0.05) is 6.07 Å². The minimum atomic E-state index is -0.320. The predicted octanol–water partition coefficient (Wildman–Crippen LogP) is 1.23. The molecule has 1 aliphatic heterocycles. The summed E-state index contributed by atoms with van der Waals surface area (Å²) in [7, 11) is 0. The normalized spacial score (nSPS) is 16.1. The Bertz CT molecular complexity index is 371. The third-order valence-corrected chi connectivity index (χ3v) is 2.37. The van der Waals surface area contributed by atoms with E-state index in [4.69, 9.17) is 14.2 Å². The first-order valence-corrected chi connectivity index (χ1v) is 5.63. The lowest BCUT2D eigenvalue weighted by Crippen LogP contribution is -2.09. The van der Waals surface area contributed by atoms with Crippen molar-refractivity contribution < 1.29 is 19.0 Å². The Kier molecular flexibility index (Phi) is 4.06. The molecule has 0 N–H and O–H groups in total. The molecule has 2 heterocycles. The van der Waals surface area contributed by atoms with Crippen LogP contribution in [0.1, 0.15) is 24.5 Å². The number of hydrogen-bond donors (Lipinski definition) is 0. The van der Waals surface area contributed by atoms with Gasteiger partial charge in [0.05, 0.1) is 31.9 Å². The Morgan fingerprint density at radius 3 is 2.82 bits per heavy atom. The molecule has 1 saturated heterocycles. The molecule has 92 valence electrons. The van der Waals surface area contributed by atoms with Crippen molar-refractivity contribution in [1.29, 1.82) is 0 Å².